The van der Waals surface area contributed by atoms with Crippen LogP contribution in [0.4, 0.5) is 17.3 Å². The molecule has 0 radical (unpaired) electrons. The summed E-state index contributed by atoms with van der Waals surface area (Å²) in [5.74, 6) is 0.303. The molecule has 0 saturated carbocycles. The van der Waals surface area contributed by atoms with Gasteiger partial charge in [0.1, 0.15) is 5.65 Å². The van der Waals surface area contributed by atoms with Gasteiger partial charge in [-0.1, -0.05) is 54.6 Å². The smallest absolute Gasteiger partial charge is 0.228 e. The van der Waals surface area contributed by atoms with Gasteiger partial charge in [0.25, 0.3) is 0 Å². The maximum Gasteiger partial charge on any atom is 0.228 e. The number of anilines is 3. The monoisotopic (exact) mass is 521 g/mol. The molecule has 1 amide bonds. The van der Waals surface area contributed by atoms with Crippen LogP contribution in [0.2, 0.25) is 0 Å². The van der Waals surface area contributed by atoms with E-state index in [1.165, 1.54) is 0 Å². The van der Waals surface area contributed by atoms with Crippen molar-refractivity contribution >= 4 is 28.9 Å². The van der Waals surface area contributed by atoms with E-state index in [0.717, 1.165) is 28.2 Å². The Morgan fingerprint density at radius 2 is 1.68 bits per heavy atom. The summed E-state index contributed by atoms with van der Waals surface area (Å²) in [7, 11) is 0. The van der Waals surface area contributed by atoms with Gasteiger partial charge in [-0.2, -0.15) is 5.26 Å². The molecule has 0 bridgehead atoms. The highest BCUT2D eigenvalue weighted by atomic mass is 16.1. The van der Waals surface area contributed by atoms with Gasteiger partial charge in [-0.3, -0.25) is 9.20 Å². The number of nitriles is 1. The van der Waals surface area contributed by atoms with E-state index in [9.17, 15) is 10.1 Å². The fourth-order valence-corrected chi connectivity index (χ4v) is 4.52. The van der Waals surface area contributed by atoms with Crippen LogP contribution in [0.5, 0.6) is 0 Å². The Hall–Kier alpha value is -5.81. The van der Waals surface area contributed by atoms with Crippen molar-refractivity contribution in [2.24, 2.45) is 0 Å². The Bertz CT molecular complexity index is 1870. The zero-order valence-corrected chi connectivity index (χ0v) is 21.3. The van der Waals surface area contributed by atoms with Gasteiger partial charge < -0.3 is 10.6 Å². The number of hydrogen-bond acceptors (Lipinski definition) is 6. The summed E-state index contributed by atoms with van der Waals surface area (Å²) < 4.78 is 1.98. The molecule has 2 N–H and O–H groups in total. The van der Waals surface area contributed by atoms with Crippen LogP contribution in [0.25, 0.3) is 28.3 Å². The first kappa shape index (κ1) is 24.5. The molecule has 3 aromatic carbocycles. The number of aromatic nitrogens is 4. The highest BCUT2D eigenvalue weighted by Gasteiger charge is 2.18. The molecule has 0 aliphatic heterocycles. The third kappa shape index (κ3) is 5.26. The number of fused-ring (bicyclic) bond motifs is 1. The number of carbonyl (C=O) groups excluding carboxylic acids is 1. The van der Waals surface area contributed by atoms with Crippen LogP contribution in [0, 0.1) is 11.3 Å². The number of amides is 1. The van der Waals surface area contributed by atoms with Crippen molar-refractivity contribution < 1.29 is 4.79 Å². The normalized spacial score (nSPS) is 10.7. The van der Waals surface area contributed by atoms with E-state index in [1.54, 1.807) is 24.4 Å². The lowest BCUT2D eigenvalue weighted by Crippen LogP contribution is -2.14. The van der Waals surface area contributed by atoms with Crippen LogP contribution in [0.1, 0.15) is 11.1 Å². The van der Waals surface area contributed by atoms with Crippen molar-refractivity contribution in [1.29, 1.82) is 5.26 Å². The lowest BCUT2D eigenvalue weighted by atomic mass is 10.1. The van der Waals surface area contributed by atoms with Crippen LogP contribution in [0.3, 0.4) is 0 Å². The number of pyridine rings is 1. The molecule has 0 spiro atoms. The van der Waals surface area contributed by atoms with Crippen LogP contribution in [-0.4, -0.2) is 25.3 Å². The minimum Gasteiger partial charge on any atom is -0.326 e. The molecule has 0 aliphatic rings. The summed E-state index contributed by atoms with van der Waals surface area (Å²) in [4.78, 5) is 26.8. The molecule has 6 rings (SSSR count). The second-order valence-corrected chi connectivity index (χ2v) is 9.11. The third-order valence-corrected chi connectivity index (χ3v) is 6.30. The molecule has 8 nitrogen and oxygen atoms in total. The molecule has 0 saturated heterocycles. The molecule has 0 atom stereocenters. The number of hydrogen-bond donors (Lipinski definition) is 2. The Balaban J connectivity index is 1.35. The molecule has 0 unspecified atom stereocenters. The molecule has 3 aromatic heterocycles. The highest BCUT2D eigenvalue weighted by molar-refractivity contribution is 5.93. The number of nitrogens with zero attached hydrogens (tertiary/aromatic N) is 5. The molecule has 0 fully saturated rings. The first-order chi connectivity index (χ1) is 19.7. The van der Waals surface area contributed by atoms with Gasteiger partial charge in [-0.25, -0.2) is 15.0 Å². The molecule has 40 heavy (non-hydrogen) atoms. The van der Waals surface area contributed by atoms with Crippen LogP contribution in [0.15, 0.2) is 116 Å². The van der Waals surface area contributed by atoms with E-state index in [0.29, 0.717) is 35.0 Å². The molecule has 192 valence electrons. The van der Waals surface area contributed by atoms with E-state index in [-0.39, 0.29) is 5.91 Å². The number of rotatable bonds is 7. The summed E-state index contributed by atoms with van der Waals surface area (Å²) in [6, 6.07) is 34.2. The summed E-state index contributed by atoms with van der Waals surface area (Å²) >= 11 is 0. The van der Waals surface area contributed by atoms with Gasteiger partial charge in [0, 0.05) is 29.3 Å². The summed E-state index contributed by atoms with van der Waals surface area (Å²) in [6.07, 6.45) is 3.92. The summed E-state index contributed by atoms with van der Waals surface area (Å²) in [6.45, 7) is 0. The average Bonchev–Trinajstić information content (AvgIpc) is 3.38. The van der Waals surface area contributed by atoms with Gasteiger partial charge in [0.05, 0.1) is 35.1 Å². The molecule has 3 heterocycles. The van der Waals surface area contributed by atoms with E-state index < -0.39 is 0 Å². The van der Waals surface area contributed by atoms with Crippen molar-refractivity contribution in [3.8, 4) is 28.7 Å². The fourth-order valence-electron chi connectivity index (χ4n) is 4.52. The van der Waals surface area contributed by atoms with Crippen LogP contribution < -0.4 is 10.6 Å². The topological polar surface area (TPSA) is 108 Å². The minimum atomic E-state index is -0.0921. The fraction of sp³-hybridized carbons (Fsp3) is 0.0312. The zero-order valence-electron chi connectivity index (χ0n) is 21.3. The van der Waals surface area contributed by atoms with Crippen molar-refractivity contribution in [2.45, 2.75) is 6.42 Å². The van der Waals surface area contributed by atoms with Crippen molar-refractivity contribution in [2.75, 3.05) is 10.6 Å². The predicted octanol–water partition coefficient (Wildman–Crippen LogP) is 6.25. The molecule has 0 aliphatic carbocycles. The predicted molar refractivity (Wildman–Crippen MR) is 155 cm³/mol. The maximum absolute atomic E-state index is 12.7. The quantitative estimate of drug-likeness (QED) is 0.257. The van der Waals surface area contributed by atoms with Crippen molar-refractivity contribution in [3.63, 3.8) is 0 Å². The van der Waals surface area contributed by atoms with Gasteiger partial charge in [-0.05, 0) is 54.1 Å². The first-order valence-electron chi connectivity index (χ1n) is 12.7. The van der Waals surface area contributed by atoms with E-state index >= 15 is 0 Å². The van der Waals surface area contributed by atoms with Crippen molar-refractivity contribution in [3.05, 3.63) is 127 Å². The second kappa shape index (κ2) is 10.9. The summed E-state index contributed by atoms with van der Waals surface area (Å²) in [5.41, 5.74) is 6.68. The molecule has 8 heteroatoms. The number of imidazole rings is 1. The average molecular weight is 522 g/mol. The first-order valence-corrected chi connectivity index (χ1v) is 12.7. The molecule has 6 aromatic rings. The van der Waals surface area contributed by atoms with Crippen molar-refractivity contribution in [1.82, 2.24) is 19.4 Å². The largest absolute Gasteiger partial charge is 0.326 e. The minimum absolute atomic E-state index is 0.0921. The lowest BCUT2D eigenvalue weighted by Gasteiger charge is -2.10. The Morgan fingerprint density at radius 3 is 2.55 bits per heavy atom. The Morgan fingerprint density at radius 1 is 0.850 bits per heavy atom. The molecular formula is C32H23N7O. The SMILES string of the molecule is N#Cc1cccc(Nc2nccc(-c3c(-c4cccc(NC(=O)Cc5ccccc5)c4)nc4ccccn34)n2)c1. The van der Waals surface area contributed by atoms with Crippen LogP contribution >= 0.6 is 0 Å². The van der Waals surface area contributed by atoms with Gasteiger partial charge in [0.15, 0.2) is 0 Å². The molecular weight excluding hydrogens is 498 g/mol. The Kier molecular flexibility index (Phi) is 6.68. The Labute approximate surface area is 230 Å². The second-order valence-electron chi connectivity index (χ2n) is 9.11. The number of nitrogens with one attached hydrogen (secondary N) is 2. The number of benzene rings is 3. The van der Waals surface area contributed by atoms with E-state index in [2.05, 4.69) is 21.7 Å². The van der Waals surface area contributed by atoms with Gasteiger partial charge in [-0.15, -0.1) is 0 Å². The highest BCUT2D eigenvalue weighted by Crippen LogP contribution is 2.33. The maximum atomic E-state index is 12.7. The van der Waals surface area contributed by atoms with Crippen LogP contribution in [-0.2, 0) is 11.2 Å². The summed E-state index contributed by atoms with van der Waals surface area (Å²) in [5, 5.41) is 15.4. The van der Waals surface area contributed by atoms with Gasteiger partial charge in [0.2, 0.25) is 11.9 Å². The number of carbonyl (C=O) groups is 1. The standard InChI is InChI=1S/C32H23N7O/c33-21-23-10-6-12-25(18-23)36-32-34-16-15-27(37-32)31-30(38-28-14-4-5-17-39(28)31)24-11-7-13-26(20-24)35-29(40)19-22-8-2-1-3-9-22/h1-18,20H,19H2,(H,35,40)(H,34,36,37). The van der Waals surface area contributed by atoms with E-state index in [4.69, 9.17) is 9.97 Å². The third-order valence-electron chi connectivity index (χ3n) is 6.30. The zero-order chi connectivity index (χ0) is 27.3. The van der Waals surface area contributed by atoms with Gasteiger partial charge >= 0.3 is 0 Å². The van der Waals surface area contributed by atoms with E-state index in [1.807, 2.05) is 95.5 Å². The lowest BCUT2D eigenvalue weighted by molar-refractivity contribution is -0.115.